The fraction of sp³-hybridized carbons (Fsp3) is 0.400. The van der Waals surface area contributed by atoms with Gasteiger partial charge in [-0.25, -0.2) is 0 Å². The van der Waals surface area contributed by atoms with Crippen molar-refractivity contribution < 1.29 is 5.11 Å². The maximum Gasteiger partial charge on any atom is 0.0470 e. The van der Waals surface area contributed by atoms with Gasteiger partial charge in [-0.3, -0.25) is 4.98 Å². The van der Waals surface area contributed by atoms with Crippen molar-refractivity contribution in [3.8, 4) is 0 Å². The second-order valence-electron chi connectivity index (χ2n) is 5.54. The van der Waals surface area contributed by atoms with E-state index >= 15 is 0 Å². The topological polar surface area (TPSA) is 33.1 Å². The quantitative estimate of drug-likeness (QED) is 0.855. The Morgan fingerprint density at radius 1 is 1.24 bits per heavy atom. The molecule has 2 nitrogen and oxygen atoms in total. The molecule has 2 atom stereocenters. The van der Waals surface area contributed by atoms with Crippen molar-refractivity contribution in [1.29, 1.82) is 0 Å². The number of benzene rings is 1. The molecule has 2 aromatic rings. The molecule has 1 N–H and O–H groups in total. The molecule has 0 amide bonds. The molecule has 1 aliphatic carbocycles. The van der Waals surface area contributed by atoms with Gasteiger partial charge in [-0.2, -0.15) is 0 Å². The van der Waals surface area contributed by atoms with Gasteiger partial charge in [0, 0.05) is 24.4 Å². The summed E-state index contributed by atoms with van der Waals surface area (Å²) in [5.41, 5.74) is 1.48. The lowest BCUT2D eigenvalue weighted by Gasteiger charge is -2.07. The van der Waals surface area contributed by atoms with Crippen LogP contribution in [-0.4, -0.2) is 16.7 Å². The molecule has 1 aliphatic rings. The molecule has 0 aliphatic heterocycles. The molecule has 2 unspecified atom stereocenters. The van der Waals surface area contributed by atoms with E-state index in [1.807, 2.05) is 18.5 Å². The zero-order chi connectivity index (χ0) is 12.0. The number of rotatable bonds is 2. The molecule has 0 radical (unpaired) electrons. The first-order valence-electron chi connectivity index (χ1n) is 6.09. The second kappa shape index (κ2) is 3.54. The molecular weight excluding hydrogens is 210 g/mol. The summed E-state index contributed by atoms with van der Waals surface area (Å²) in [5.74, 6) is 0.807. The molecule has 1 heterocycles. The Balaban J connectivity index is 2.14. The molecule has 88 valence electrons. The summed E-state index contributed by atoms with van der Waals surface area (Å²) < 4.78 is 0. The average Bonchev–Trinajstić information content (AvgIpc) is 2.90. The van der Waals surface area contributed by atoms with E-state index in [1.54, 1.807) is 0 Å². The number of hydrogen-bond acceptors (Lipinski definition) is 2. The van der Waals surface area contributed by atoms with E-state index < -0.39 is 0 Å². The van der Waals surface area contributed by atoms with Gasteiger partial charge in [-0.1, -0.05) is 38.1 Å². The third-order valence-corrected chi connectivity index (χ3v) is 4.28. The van der Waals surface area contributed by atoms with Crippen molar-refractivity contribution in [2.24, 2.45) is 11.3 Å². The van der Waals surface area contributed by atoms with Gasteiger partial charge < -0.3 is 5.11 Å². The maximum absolute atomic E-state index is 9.43. The summed E-state index contributed by atoms with van der Waals surface area (Å²) in [6.07, 6.45) is 3.87. The van der Waals surface area contributed by atoms with Crippen LogP contribution in [0.1, 0.15) is 25.3 Å². The van der Waals surface area contributed by atoms with Gasteiger partial charge in [0.15, 0.2) is 0 Å². The first kappa shape index (κ1) is 10.7. The van der Waals surface area contributed by atoms with Crippen molar-refractivity contribution in [2.45, 2.75) is 19.8 Å². The van der Waals surface area contributed by atoms with E-state index in [-0.39, 0.29) is 12.0 Å². The van der Waals surface area contributed by atoms with E-state index in [2.05, 4.69) is 37.0 Å². The van der Waals surface area contributed by atoms with Crippen molar-refractivity contribution in [3.05, 3.63) is 42.2 Å². The van der Waals surface area contributed by atoms with E-state index in [0.717, 1.165) is 0 Å². The minimum atomic E-state index is 0.195. The fourth-order valence-corrected chi connectivity index (χ4v) is 3.09. The summed E-state index contributed by atoms with van der Waals surface area (Å²) in [7, 11) is 0. The van der Waals surface area contributed by atoms with Crippen molar-refractivity contribution in [3.63, 3.8) is 0 Å². The highest BCUT2D eigenvalue weighted by atomic mass is 16.3. The van der Waals surface area contributed by atoms with Crippen LogP contribution < -0.4 is 0 Å². The molecule has 0 saturated heterocycles. The lowest BCUT2D eigenvalue weighted by molar-refractivity contribution is 0.257. The summed E-state index contributed by atoms with van der Waals surface area (Å²) in [6.45, 7) is 4.71. The predicted octanol–water partition coefficient (Wildman–Crippen LogP) is 2.97. The molecule has 1 aromatic heterocycles. The van der Waals surface area contributed by atoms with Gasteiger partial charge in [-0.05, 0) is 28.2 Å². The Labute approximate surface area is 101 Å². The Morgan fingerprint density at radius 2 is 2.00 bits per heavy atom. The predicted molar refractivity (Wildman–Crippen MR) is 68.8 cm³/mol. The zero-order valence-corrected chi connectivity index (χ0v) is 10.2. The Morgan fingerprint density at radius 3 is 2.71 bits per heavy atom. The van der Waals surface area contributed by atoms with Crippen LogP contribution in [-0.2, 0) is 0 Å². The minimum absolute atomic E-state index is 0.195. The SMILES string of the molecule is CC1(C)C(CO)C1c1cncc2ccccc12. The number of pyridine rings is 1. The lowest BCUT2D eigenvalue weighted by Crippen LogP contribution is -1.93. The molecule has 2 heteroatoms. The van der Waals surface area contributed by atoms with Crippen LogP contribution in [0.2, 0.25) is 0 Å². The smallest absolute Gasteiger partial charge is 0.0470 e. The van der Waals surface area contributed by atoms with E-state index in [0.29, 0.717) is 11.8 Å². The van der Waals surface area contributed by atoms with Crippen LogP contribution in [0.25, 0.3) is 10.8 Å². The van der Waals surface area contributed by atoms with Gasteiger partial charge in [-0.15, -0.1) is 0 Å². The van der Waals surface area contributed by atoms with Gasteiger partial charge in [0.05, 0.1) is 0 Å². The number of fused-ring (bicyclic) bond motifs is 1. The highest BCUT2D eigenvalue weighted by Crippen LogP contribution is 2.64. The molecule has 17 heavy (non-hydrogen) atoms. The standard InChI is InChI=1S/C15H17NO/c1-15(2)13(9-17)14(15)12-8-16-7-10-5-3-4-6-11(10)12/h3-8,13-14,17H,9H2,1-2H3. The number of aliphatic hydroxyl groups is 1. The van der Waals surface area contributed by atoms with Crippen LogP contribution >= 0.6 is 0 Å². The van der Waals surface area contributed by atoms with Crippen LogP contribution in [0.15, 0.2) is 36.7 Å². The third kappa shape index (κ3) is 1.48. The summed E-state index contributed by atoms with van der Waals surface area (Å²) in [5, 5.41) is 11.9. The van der Waals surface area contributed by atoms with E-state index in [4.69, 9.17) is 0 Å². The highest BCUT2D eigenvalue weighted by Gasteiger charge is 2.58. The highest BCUT2D eigenvalue weighted by molar-refractivity contribution is 5.85. The average molecular weight is 227 g/mol. The largest absolute Gasteiger partial charge is 0.396 e. The maximum atomic E-state index is 9.43. The number of nitrogens with zero attached hydrogens (tertiary/aromatic N) is 1. The summed E-state index contributed by atoms with van der Waals surface area (Å²) in [6, 6.07) is 8.34. The molecule has 0 spiro atoms. The number of aromatic nitrogens is 1. The Bertz CT molecular complexity index is 556. The van der Waals surface area contributed by atoms with Gasteiger partial charge in [0.2, 0.25) is 0 Å². The molecule has 1 saturated carbocycles. The zero-order valence-electron chi connectivity index (χ0n) is 10.2. The first-order valence-corrected chi connectivity index (χ1v) is 6.09. The van der Waals surface area contributed by atoms with Crippen molar-refractivity contribution in [1.82, 2.24) is 4.98 Å². The molecule has 1 fully saturated rings. The second-order valence-corrected chi connectivity index (χ2v) is 5.54. The van der Waals surface area contributed by atoms with Gasteiger partial charge in [0.25, 0.3) is 0 Å². The van der Waals surface area contributed by atoms with Crippen LogP contribution in [0.5, 0.6) is 0 Å². The Hall–Kier alpha value is -1.41. The summed E-state index contributed by atoms with van der Waals surface area (Å²) >= 11 is 0. The van der Waals surface area contributed by atoms with Crippen LogP contribution in [0.3, 0.4) is 0 Å². The van der Waals surface area contributed by atoms with Gasteiger partial charge >= 0.3 is 0 Å². The molecule has 0 bridgehead atoms. The van der Waals surface area contributed by atoms with E-state index in [1.165, 1.54) is 16.3 Å². The van der Waals surface area contributed by atoms with Crippen LogP contribution in [0, 0.1) is 11.3 Å². The lowest BCUT2D eigenvalue weighted by atomic mass is 9.99. The minimum Gasteiger partial charge on any atom is -0.396 e. The van der Waals surface area contributed by atoms with E-state index in [9.17, 15) is 5.11 Å². The monoisotopic (exact) mass is 227 g/mol. The van der Waals surface area contributed by atoms with Crippen LogP contribution in [0.4, 0.5) is 0 Å². The normalized spacial score (nSPS) is 26.1. The Kier molecular flexibility index (Phi) is 2.23. The number of aliphatic hydroxyl groups excluding tert-OH is 1. The van der Waals surface area contributed by atoms with Gasteiger partial charge in [0.1, 0.15) is 0 Å². The number of hydrogen-bond donors (Lipinski definition) is 1. The van der Waals surface area contributed by atoms with Crippen molar-refractivity contribution in [2.75, 3.05) is 6.61 Å². The molecule has 1 aromatic carbocycles. The third-order valence-electron chi connectivity index (χ3n) is 4.28. The van der Waals surface area contributed by atoms with Crippen molar-refractivity contribution >= 4 is 10.8 Å². The molecular formula is C15H17NO. The molecule has 3 rings (SSSR count). The summed E-state index contributed by atoms with van der Waals surface area (Å²) in [4.78, 5) is 4.33. The fourth-order valence-electron chi connectivity index (χ4n) is 3.09. The first-order chi connectivity index (χ1) is 8.16.